The molecular weight excluding hydrogens is 306 g/mol. The van der Waals surface area contributed by atoms with Gasteiger partial charge in [0.05, 0.1) is 11.1 Å². The number of benzene rings is 2. The Bertz CT molecular complexity index is 553. The van der Waals surface area contributed by atoms with Crippen molar-refractivity contribution in [2.45, 2.75) is 19.6 Å². The van der Waals surface area contributed by atoms with Crippen LogP contribution in [0.15, 0.2) is 46.9 Å². The molecule has 2 aromatic carbocycles. The summed E-state index contributed by atoms with van der Waals surface area (Å²) in [6, 6.07) is 13.1. The van der Waals surface area contributed by atoms with Gasteiger partial charge in [-0.15, -0.1) is 0 Å². The molecule has 0 aliphatic carbocycles. The average molecular weight is 322 g/mol. The molecule has 0 heterocycles. The summed E-state index contributed by atoms with van der Waals surface area (Å²) in [6.07, 6.45) is 0. The quantitative estimate of drug-likeness (QED) is 0.901. The molecule has 100 valence electrons. The monoisotopic (exact) mass is 321 g/mol. The van der Waals surface area contributed by atoms with E-state index in [9.17, 15) is 0 Å². The molecule has 3 nitrogen and oxygen atoms in total. The predicted octanol–water partition coefficient (Wildman–Crippen LogP) is 3.75. The second-order valence-corrected chi connectivity index (χ2v) is 5.24. The zero-order valence-electron chi connectivity index (χ0n) is 10.6. The lowest BCUT2D eigenvalue weighted by Gasteiger charge is -2.11. The molecule has 0 aliphatic rings. The van der Waals surface area contributed by atoms with Crippen LogP contribution in [0.25, 0.3) is 0 Å². The highest BCUT2D eigenvalue weighted by atomic mass is 79.9. The molecule has 0 saturated carbocycles. The highest BCUT2D eigenvalue weighted by Gasteiger charge is 2.06. The van der Waals surface area contributed by atoms with Crippen LogP contribution in [0.4, 0.5) is 0 Å². The Morgan fingerprint density at radius 1 is 1.21 bits per heavy atom. The van der Waals surface area contributed by atoms with Crippen molar-refractivity contribution in [2.24, 2.45) is 5.73 Å². The van der Waals surface area contributed by atoms with E-state index in [1.54, 1.807) is 0 Å². The maximum atomic E-state index is 8.98. The lowest BCUT2D eigenvalue weighted by Crippen LogP contribution is -2.04. The average Bonchev–Trinajstić information content (AvgIpc) is 2.41. The standard InChI is InChI=1S/C15H16BrNO2/c1-10(17)12-4-7-15(14(16)8-12)19-13-5-2-11(9-18)3-6-13/h2-8,10,18H,9,17H2,1H3/t10-/m1/s1. The van der Waals surface area contributed by atoms with Crippen molar-refractivity contribution < 1.29 is 9.84 Å². The lowest BCUT2D eigenvalue weighted by atomic mass is 10.1. The second kappa shape index (κ2) is 6.19. The van der Waals surface area contributed by atoms with Crippen LogP contribution in [0.1, 0.15) is 24.1 Å². The molecule has 19 heavy (non-hydrogen) atoms. The first-order chi connectivity index (χ1) is 9.10. The van der Waals surface area contributed by atoms with Crippen LogP contribution in [0, 0.1) is 0 Å². The maximum absolute atomic E-state index is 8.98. The van der Waals surface area contributed by atoms with E-state index in [-0.39, 0.29) is 12.6 Å². The highest BCUT2D eigenvalue weighted by Crippen LogP contribution is 2.31. The summed E-state index contributed by atoms with van der Waals surface area (Å²) in [5, 5.41) is 8.98. The van der Waals surface area contributed by atoms with Gasteiger partial charge in [-0.3, -0.25) is 0 Å². The van der Waals surface area contributed by atoms with Crippen molar-refractivity contribution in [3.63, 3.8) is 0 Å². The SMILES string of the molecule is C[C@@H](N)c1ccc(Oc2ccc(CO)cc2)c(Br)c1. The maximum Gasteiger partial charge on any atom is 0.141 e. The third-order valence-corrected chi connectivity index (χ3v) is 3.44. The number of rotatable bonds is 4. The Morgan fingerprint density at radius 3 is 2.42 bits per heavy atom. The number of nitrogens with two attached hydrogens (primary N) is 1. The molecule has 0 unspecified atom stereocenters. The molecule has 0 aliphatic heterocycles. The summed E-state index contributed by atoms with van der Waals surface area (Å²) in [4.78, 5) is 0. The van der Waals surface area contributed by atoms with E-state index >= 15 is 0 Å². The van der Waals surface area contributed by atoms with Crippen molar-refractivity contribution >= 4 is 15.9 Å². The molecule has 0 bridgehead atoms. The minimum Gasteiger partial charge on any atom is -0.456 e. The van der Waals surface area contributed by atoms with Gasteiger partial charge in [0.15, 0.2) is 0 Å². The van der Waals surface area contributed by atoms with Gasteiger partial charge in [-0.05, 0) is 58.2 Å². The molecule has 2 aromatic rings. The zero-order chi connectivity index (χ0) is 13.8. The van der Waals surface area contributed by atoms with Gasteiger partial charge in [0, 0.05) is 6.04 Å². The summed E-state index contributed by atoms with van der Waals surface area (Å²) in [5.74, 6) is 1.47. The van der Waals surface area contributed by atoms with Crippen LogP contribution in [0.2, 0.25) is 0 Å². The molecular formula is C15H16BrNO2. The Balaban J connectivity index is 2.18. The molecule has 0 spiro atoms. The number of ether oxygens (including phenoxy) is 1. The lowest BCUT2D eigenvalue weighted by molar-refractivity contribution is 0.281. The van der Waals surface area contributed by atoms with Gasteiger partial charge in [0.2, 0.25) is 0 Å². The molecule has 1 atom stereocenters. The van der Waals surface area contributed by atoms with Gasteiger partial charge < -0.3 is 15.6 Å². The third-order valence-electron chi connectivity index (χ3n) is 2.82. The minimum atomic E-state index is -0.00538. The number of aliphatic hydroxyl groups excluding tert-OH is 1. The molecule has 4 heteroatoms. The Labute approximate surface area is 121 Å². The predicted molar refractivity (Wildman–Crippen MR) is 79.2 cm³/mol. The van der Waals surface area contributed by atoms with Crippen molar-refractivity contribution in [3.05, 3.63) is 58.1 Å². The van der Waals surface area contributed by atoms with Crippen molar-refractivity contribution in [3.8, 4) is 11.5 Å². The van der Waals surface area contributed by atoms with E-state index in [0.29, 0.717) is 0 Å². The van der Waals surface area contributed by atoms with E-state index in [0.717, 1.165) is 27.1 Å². The molecule has 3 N–H and O–H groups in total. The minimum absolute atomic E-state index is 0.00538. The van der Waals surface area contributed by atoms with Crippen LogP contribution in [-0.4, -0.2) is 5.11 Å². The summed E-state index contributed by atoms with van der Waals surface area (Å²) < 4.78 is 6.64. The number of halogens is 1. The topological polar surface area (TPSA) is 55.5 Å². The van der Waals surface area contributed by atoms with Crippen LogP contribution >= 0.6 is 15.9 Å². The van der Waals surface area contributed by atoms with E-state index < -0.39 is 0 Å². The fraction of sp³-hybridized carbons (Fsp3) is 0.200. The number of aliphatic hydroxyl groups is 1. The van der Waals surface area contributed by atoms with Gasteiger partial charge in [-0.1, -0.05) is 18.2 Å². The van der Waals surface area contributed by atoms with Gasteiger partial charge >= 0.3 is 0 Å². The Kier molecular flexibility index (Phi) is 4.58. The van der Waals surface area contributed by atoms with Crippen LogP contribution in [0.5, 0.6) is 11.5 Å². The van der Waals surface area contributed by atoms with Gasteiger partial charge in [-0.25, -0.2) is 0 Å². The Hall–Kier alpha value is -1.36. The summed E-state index contributed by atoms with van der Waals surface area (Å²) in [7, 11) is 0. The van der Waals surface area contributed by atoms with E-state index in [1.807, 2.05) is 49.4 Å². The smallest absolute Gasteiger partial charge is 0.141 e. The van der Waals surface area contributed by atoms with Crippen molar-refractivity contribution in [1.29, 1.82) is 0 Å². The third kappa shape index (κ3) is 3.56. The second-order valence-electron chi connectivity index (χ2n) is 4.38. The van der Waals surface area contributed by atoms with Crippen molar-refractivity contribution in [1.82, 2.24) is 0 Å². The van der Waals surface area contributed by atoms with Crippen molar-refractivity contribution in [2.75, 3.05) is 0 Å². The first-order valence-corrected chi connectivity index (χ1v) is 6.82. The van der Waals surface area contributed by atoms with E-state index in [1.165, 1.54) is 0 Å². The molecule has 2 rings (SSSR count). The summed E-state index contributed by atoms with van der Waals surface area (Å²) in [6.45, 7) is 1.98. The molecule has 0 saturated heterocycles. The van der Waals surface area contributed by atoms with Gasteiger partial charge in [0.1, 0.15) is 11.5 Å². The summed E-state index contributed by atoms with van der Waals surface area (Å²) >= 11 is 3.48. The first kappa shape index (κ1) is 14.1. The highest BCUT2D eigenvalue weighted by molar-refractivity contribution is 9.10. The largest absolute Gasteiger partial charge is 0.456 e. The summed E-state index contributed by atoms with van der Waals surface area (Å²) in [5.41, 5.74) is 7.74. The zero-order valence-corrected chi connectivity index (χ0v) is 12.2. The molecule has 0 aromatic heterocycles. The number of hydrogen-bond donors (Lipinski definition) is 2. The fourth-order valence-electron chi connectivity index (χ4n) is 1.67. The Morgan fingerprint density at radius 2 is 1.89 bits per heavy atom. The van der Waals surface area contributed by atoms with E-state index in [2.05, 4.69) is 15.9 Å². The first-order valence-electron chi connectivity index (χ1n) is 6.03. The molecule has 0 radical (unpaired) electrons. The van der Waals surface area contributed by atoms with Crippen LogP contribution in [-0.2, 0) is 6.61 Å². The molecule has 0 amide bonds. The van der Waals surface area contributed by atoms with E-state index in [4.69, 9.17) is 15.6 Å². The molecule has 0 fully saturated rings. The fourth-order valence-corrected chi connectivity index (χ4v) is 2.15. The van der Waals surface area contributed by atoms with Gasteiger partial charge in [0.25, 0.3) is 0 Å². The van der Waals surface area contributed by atoms with Gasteiger partial charge in [-0.2, -0.15) is 0 Å². The number of hydrogen-bond acceptors (Lipinski definition) is 3. The van der Waals surface area contributed by atoms with Crippen LogP contribution < -0.4 is 10.5 Å². The van der Waals surface area contributed by atoms with Crippen LogP contribution in [0.3, 0.4) is 0 Å². The normalized spacial score (nSPS) is 12.2.